The van der Waals surface area contributed by atoms with Crippen LogP contribution in [-0.2, 0) is 17.9 Å². The molecule has 0 aromatic heterocycles. The van der Waals surface area contributed by atoms with E-state index in [1.165, 1.54) is 5.56 Å². The number of carbonyl (C=O) groups is 1. The minimum absolute atomic E-state index is 0.174. The molecule has 0 atom stereocenters. The molecule has 26 heavy (non-hydrogen) atoms. The molecule has 0 aliphatic carbocycles. The lowest BCUT2D eigenvalue weighted by atomic mass is 10.1. The largest absolute Gasteiger partial charge is 0.494 e. The number of hydrogen-bond donors (Lipinski definition) is 2. The van der Waals surface area contributed by atoms with Gasteiger partial charge in [0.1, 0.15) is 5.75 Å². The van der Waals surface area contributed by atoms with E-state index >= 15 is 0 Å². The average Bonchev–Trinajstić information content (AvgIpc) is 2.65. The Morgan fingerprint density at radius 1 is 1.04 bits per heavy atom. The van der Waals surface area contributed by atoms with Crippen LogP contribution in [0.5, 0.6) is 5.75 Å². The molecule has 5 nitrogen and oxygen atoms in total. The summed E-state index contributed by atoms with van der Waals surface area (Å²) in [5, 5.41) is 5.74. The van der Waals surface area contributed by atoms with Gasteiger partial charge in [0.25, 0.3) is 0 Å². The van der Waals surface area contributed by atoms with Crippen molar-refractivity contribution in [1.29, 1.82) is 0 Å². The fourth-order valence-corrected chi connectivity index (χ4v) is 2.49. The van der Waals surface area contributed by atoms with Crippen molar-refractivity contribution in [1.82, 2.24) is 10.6 Å². The first-order valence-electron chi connectivity index (χ1n) is 9.04. The van der Waals surface area contributed by atoms with Gasteiger partial charge in [0.15, 0.2) is 0 Å². The van der Waals surface area contributed by atoms with Crippen LogP contribution in [0.15, 0.2) is 48.5 Å². The van der Waals surface area contributed by atoms with Crippen molar-refractivity contribution in [2.45, 2.75) is 33.4 Å². The molecule has 0 saturated carbocycles. The quantitative estimate of drug-likeness (QED) is 0.637. The van der Waals surface area contributed by atoms with Crippen molar-refractivity contribution in [3.05, 3.63) is 65.2 Å². The molecule has 5 heteroatoms. The molecule has 0 bridgehead atoms. The summed E-state index contributed by atoms with van der Waals surface area (Å²) in [6, 6.07) is 15.7. The highest BCUT2D eigenvalue weighted by Crippen LogP contribution is 2.12. The number of benzene rings is 2. The molecule has 2 rings (SSSR count). The number of hydrogen-bond acceptors (Lipinski definition) is 3. The number of aryl methyl sites for hydroxylation is 1. The Labute approximate surface area is 155 Å². The summed E-state index contributed by atoms with van der Waals surface area (Å²) in [7, 11) is 0. The van der Waals surface area contributed by atoms with E-state index in [0.717, 1.165) is 23.3 Å². The predicted molar refractivity (Wildman–Crippen MR) is 103 cm³/mol. The number of carbonyl (C=O) groups excluding carboxylic acids is 1. The maximum atomic E-state index is 11.9. The van der Waals surface area contributed by atoms with E-state index in [2.05, 4.69) is 10.6 Å². The third kappa shape index (κ3) is 7.15. The molecule has 0 heterocycles. The highest BCUT2D eigenvalue weighted by atomic mass is 16.5. The maximum Gasteiger partial charge on any atom is 0.315 e. The van der Waals surface area contributed by atoms with Crippen molar-refractivity contribution in [3.63, 3.8) is 0 Å². The molecule has 2 N–H and O–H groups in total. The van der Waals surface area contributed by atoms with Gasteiger partial charge in [-0.3, -0.25) is 0 Å². The lowest BCUT2D eigenvalue weighted by Gasteiger charge is -2.12. The van der Waals surface area contributed by atoms with Crippen molar-refractivity contribution < 1.29 is 14.3 Å². The summed E-state index contributed by atoms with van der Waals surface area (Å²) in [6.45, 7) is 6.86. The number of ether oxygens (including phenoxy) is 2. The smallest absolute Gasteiger partial charge is 0.315 e. The molecule has 2 aromatic carbocycles. The van der Waals surface area contributed by atoms with Crippen LogP contribution < -0.4 is 15.4 Å². The van der Waals surface area contributed by atoms with Crippen LogP contribution in [0, 0.1) is 6.92 Å². The number of rotatable bonds is 10. The van der Waals surface area contributed by atoms with E-state index in [1.807, 2.05) is 62.4 Å². The standard InChI is InChI=1S/C21H28N2O3/c1-3-25-16-19-10-5-4-9-18(19)15-23-21(24)22-12-7-13-26-20-11-6-8-17(2)14-20/h4-6,8-11,14H,3,7,12-13,15-16H2,1-2H3,(H2,22,23,24). The van der Waals surface area contributed by atoms with Crippen LogP contribution >= 0.6 is 0 Å². The second-order valence-corrected chi connectivity index (χ2v) is 6.03. The molecule has 0 radical (unpaired) electrons. The molecule has 0 spiro atoms. The fourth-order valence-electron chi connectivity index (χ4n) is 2.49. The van der Waals surface area contributed by atoms with Gasteiger partial charge in [0.05, 0.1) is 13.2 Å². The van der Waals surface area contributed by atoms with Crippen LogP contribution in [0.2, 0.25) is 0 Å². The highest BCUT2D eigenvalue weighted by molar-refractivity contribution is 5.73. The van der Waals surface area contributed by atoms with Crippen LogP contribution in [0.25, 0.3) is 0 Å². The van der Waals surface area contributed by atoms with Gasteiger partial charge >= 0.3 is 6.03 Å². The lowest BCUT2D eigenvalue weighted by Crippen LogP contribution is -2.36. The second kappa shape index (κ2) is 11.2. The van der Waals surface area contributed by atoms with Crippen LogP contribution in [0.4, 0.5) is 4.79 Å². The second-order valence-electron chi connectivity index (χ2n) is 6.03. The maximum absolute atomic E-state index is 11.9. The Morgan fingerprint density at radius 3 is 2.62 bits per heavy atom. The first-order valence-corrected chi connectivity index (χ1v) is 9.04. The van der Waals surface area contributed by atoms with Gasteiger partial charge < -0.3 is 20.1 Å². The summed E-state index contributed by atoms with van der Waals surface area (Å²) in [5.41, 5.74) is 3.34. The predicted octanol–water partition coefficient (Wildman–Crippen LogP) is 3.80. The molecule has 0 aliphatic rings. The average molecular weight is 356 g/mol. The summed E-state index contributed by atoms with van der Waals surface area (Å²) in [6.07, 6.45) is 0.752. The Bertz CT molecular complexity index is 688. The first-order chi connectivity index (χ1) is 12.7. The lowest BCUT2D eigenvalue weighted by molar-refractivity contribution is 0.133. The normalized spacial score (nSPS) is 10.4. The van der Waals surface area contributed by atoms with Gasteiger partial charge in [-0.05, 0) is 49.1 Å². The van der Waals surface area contributed by atoms with Gasteiger partial charge in [0.2, 0.25) is 0 Å². The third-order valence-corrected chi connectivity index (χ3v) is 3.88. The molecule has 0 aliphatic heterocycles. The molecule has 0 unspecified atom stereocenters. The van der Waals surface area contributed by atoms with E-state index in [4.69, 9.17) is 9.47 Å². The number of nitrogens with one attached hydrogen (secondary N) is 2. The SMILES string of the molecule is CCOCc1ccccc1CNC(=O)NCCCOc1cccc(C)c1. The molecular formula is C21H28N2O3. The van der Waals surface area contributed by atoms with E-state index in [1.54, 1.807) is 0 Å². The van der Waals surface area contributed by atoms with Gasteiger partial charge in [-0.2, -0.15) is 0 Å². The van der Waals surface area contributed by atoms with Gasteiger partial charge in [0, 0.05) is 19.7 Å². The summed E-state index contributed by atoms with van der Waals surface area (Å²) in [5.74, 6) is 0.861. The topological polar surface area (TPSA) is 59.6 Å². The Balaban J connectivity index is 1.63. The molecule has 0 saturated heterocycles. The van der Waals surface area contributed by atoms with Crippen molar-refractivity contribution in [3.8, 4) is 5.75 Å². The molecular weight excluding hydrogens is 328 g/mol. The van der Waals surface area contributed by atoms with Crippen molar-refractivity contribution in [2.75, 3.05) is 19.8 Å². The van der Waals surface area contributed by atoms with E-state index in [-0.39, 0.29) is 6.03 Å². The van der Waals surface area contributed by atoms with Crippen molar-refractivity contribution >= 4 is 6.03 Å². The Hall–Kier alpha value is -2.53. The number of urea groups is 1. The highest BCUT2D eigenvalue weighted by Gasteiger charge is 2.04. The molecule has 2 aromatic rings. The first kappa shape index (κ1) is 19.8. The van der Waals surface area contributed by atoms with Gasteiger partial charge in [-0.25, -0.2) is 4.79 Å². The van der Waals surface area contributed by atoms with Gasteiger partial charge in [-0.15, -0.1) is 0 Å². The van der Waals surface area contributed by atoms with Gasteiger partial charge in [-0.1, -0.05) is 36.4 Å². The van der Waals surface area contributed by atoms with Crippen LogP contribution in [-0.4, -0.2) is 25.8 Å². The minimum Gasteiger partial charge on any atom is -0.494 e. The third-order valence-electron chi connectivity index (χ3n) is 3.88. The molecule has 140 valence electrons. The zero-order valence-corrected chi connectivity index (χ0v) is 15.6. The summed E-state index contributed by atoms with van der Waals surface area (Å²) < 4.78 is 11.1. The zero-order chi connectivity index (χ0) is 18.6. The van der Waals surface area contributed by atoms with Crippen LogP contribution in [0.3, 0.4) is 0 Å². The van der Waals surface area contributed by atoms with E-state index in [9.17, 15) is 4.79 Å². The van der Waals surface area contributed by atoms with Crippen LogP contribution in [0.1, 0.15) is 30.0 Å². The summed E-state index contributed by atoms with van der Waals surface area (Å²) >= 11 is 0. The molecule has 0 fully saturated rings. The summed E-state index contributed by atoms with van der Waals surface area (Å²) in [4.78, 5) is 11.9. The number of amides is 2. The zero-order valence-electron chi connectivity index (χ0n) is 15.6. The molecule has 2 amide bonds. The Kier molecular flexibility index (Phi) is 8.49. The van der Waals surface area contributed by atoms with E-state index in [0.29, 0.717) is 32.9 Å². The van der Waals surface area contributed by atoms with Crippen molar-refractivity contribution in [2.24, 2.45) is 0 Å². The van der Waals surface area contributed by atoms with E-state index < -0.39 is 0 Å². The fraction of sp³-hybridized carbons (Fsp3) is 0.381. The Morgan fingerprint density at radius 2 is 1.85 bits per heavy atom. The monoisotopic (exact) mass is 356 g/mol. The minimum atomic E-state index is -0.174.